The van der Waals surface area contributed by atoms with E-state index < -0.39 is 0 Å². The number of H-pyrrole nitrogens is 1. The highest BCUT2D eigenvalue weighted by Crippen LogP contribution is 2.19. The molecule has 0 amide bonds. The number of hydrogen-bond donors (Lipinski definition) is 1. The van der Waals surface area contributed by atoms with Crippen LogP contribution in [0.15, 0.2) is 4.79 Å². The topological polar surface area (TPSA) is 45.8 Å². The van der Waals surface area contributed by atoms with E-state index in [1.807, 2.05) is 0 Å². The van der Waals surface area contributed by atoms with Gasteiger partial charge in [0.1, 0.15) is 0 Å². The van der Waals surface area contributed by atoms with Crippen molar-refractivity contribution in [3.05, 3.63) is 27.2 Å². The van der Waals surface area contributed by atoms with Crippen LogP contribution in [-0.2, 0) is 19.3 Å². The number of aryl methyl sites for hydroxylation is 1. The van der Waals surface area contributed by atoms with Gasteiger partial charge in [-0.15, -0.1) is 0 Å². The molecular weight excluding hydrogens is 164 g/mol. The summed E-state index contributed by atoms with van der Waals surface area (Å²) in [5.41, 5.74) is 3.30. The Kier molecular flexibility index (Phi) is 2.17. The fourth-order valence-electron chi connectivity index (χ4n) is 2.02. The second-order valence-corrected chi connectivity index (χ2v) is 3.52. The normalized spacial score (nSPS) is 15.5. The smallest absolute Gasteiger partial charge is 0.267 e. The number of hydrogen-bond acceptors (Lipinski definition) is 2. The first-order valence-corrected chi connectivity index (χ1v) is 4.92. The van der Waals surface area contributed by atoms with Gasteiger partial charge in [0.15, 0.2) is 0 Å². The summed E-state index contributed by atoms with van der Waals surface area (Å²) >= 11 is 0. The van der Waals surface area contributed by atoms with E-state index in [0.29, 0.717) is 0 Å². The van der Waals surface area contributed by atoms with E-state index in [0.717, 1.165) is 36.9 Å². The summed E-state index contributed by atoms with van der Waals surface area (Å²) in [4.78, 5) is 11.4. The molecule has 70 valence electrons. The lowest BCUT2D eigenvalue weighted by Crippen LogP contribution is -2.22. The predicted molar refractivity (Wildman–Crippen MR) is 50.9 cm³/mol. The summed E-state index contributed by atoms with van der Waals surface area (Å²) < 4.78 is 0. The Bertz CT molecular complexity index is 368. The Morgan fingerprint density at radius 3 is 2.69 bits per heavy atom. The van der Waals surface area contributed by atoms with E-state index in [-0.39, 0.29) is 5.56 Å². The molecule has 0 atom stereocenters. The third-order valence-corrected chi connectivity index (χ3v) is 2.72. The molecule has 0 aromatic carbocycles. The Morgan fingerprint density at radius 2 is 2.00 bits per heavy atom. The number of fused-ring (bicyclic) bond motifs is 1. The van der Waals surface area contributed by atoms with Crippen molar-refractivity contribution in [2.24, 2.45) is 0 Å². The van der Waals surface area contributed by atoms with E-state index in [2.05, 4.69) is 17.1 Å². The molecule has 0 aliphatic heterocycles. The molecule has 3 nitrogen and oxygen atoms in total. The highest BCUT2D eigenvalue weighted by Gasteiger charge is 2.16. The van der Waals surface area contributed by atoms with Gasteiger partial charge in [-0.3, -0.25) is 4.79 Å². The minimum absolute atomic E-state index is 0.0203. The first kappa shape index (κ1) is 8.48. The van der Waals surface area contributed by atoms with Crippen LogP contribution in [0.3, 0.4) is 0 Å². The third-order valence-electron chi connectivity index (χ3n) is 2.72. The van der Waals surface area contributed by atoms with Crippen LogP contribution in [0.4, 0.5) is 0 Å². The zero-order chi connectivity index (χ0) is 9.26. The van der Waals surface area contributed by atoms with Crippen LogP contribution >= 0.6 is 0 Å². The molecule has 0 bridgehead atoms. The predicted octanol–water partition coefficient (Wildman–Crippen LogP) is 1.21. The Morgan fingerprint density at radius 1 is 1.31 bits per heavy atom. The lowest BCUT2D eigenvalue weighted by Gasteiger charge is -2.16. The molecule has 1 aliphatic carbocycles. The van der Waals surface area contributed by atoms with Crippen LogP contribution in [0, 0.1) is 0 Å². The van der Waals surface area contributed by atoms with E-state index in [9.17, 15) is 4.79 Å². The molecule has 1 aliphatic rings. The van der Waals surface area contributed by atoms with Gasteiger partial charge in [0.05, 0.1) is 5.69 Å². The largest absolute Gasteiger partial charge is 0.268 e. The van der Waals surface area contributed by atoms with Gasteiger partial charge in [-0.05, 0) is 37.7 Å². The quantitative estimate of drug-likeness (QED) is 0.702. The van der Waals surface area contributed by atoms with Crippen molar-refractivity contribution >= 4 is 0 Å². The molecule has 0 saturated heterocycles. The molecule has 1 aromatic heterocycles. The maximum atomic E-state index is 11.4. The van der Waals surface area contributed by atoms with Gasteiger partial charge in [-0.25, -0.2) is 5.10 Å². The first-order chi connectivity index (χ1) is 6.33. The monoisotopic (exact) mass is 178 g/mol. The Labute approximate surface area is 77.2 Å². The molecule has 0 unspecified atom stereocenters. The number of aromatic nitrogens is 2. The zero-order valence-electron chi connectivity index (χ0n) is 7.89. The average molecular weight is 178 g/mol. The summed E-state index contributed by atoms with van der Waals surface area (Å²) in [7, 11) is 0. The minimum atomic E-state index is 0.0203. The van der Waals surface area contributed by atoms with Gasteiger partial charge in [-0.2, -0.15) is 5.10 Å². The molecule has 0 saturated carbocycles. The first-order valence-electron chi connectivity index (χ1n) is 4.92. The molecule has 3 heteroatoms. The summed E-state index contributed by atoms with van der Waals surface area (Å²) in [6, 6.07) is 0. The van der Waals surface area contributed by atoms with Gasteiger partial charge >= 0.3 is 0 Å². The van der Waals surface area contributed by atoms with Crippen LogP contribution in [0.2, 0.25) is 0 Å². The lowest BCUT2D eigenvalue weighted by molar-refractivity contribution is 0.653. The van der Waals surface area contributed by atoms with Crippen molar-refractivity contribution in [1.29, 1.82) is 0 Å². The maximum Gasteiger partial charge on any atom is 0.267 e. The molecule has 2 rings (SSSR count). The summed E-state index contributed by atoms with van der Waals surface area (Å²) in [6.07, 6.45) is 5.23. The summed E-state index contributed by atoms with van der Waals surface area (Å²) in [6.45, 7) is 2.08. The highest BCUT2D eigenvalue weighted by atomic mass is 16.1. The third kappa shape index (κ3) is 1.39. The van der Waals surface area contributed by atoms with Gasteiger partial charge in [-0.1, -0.05) is 6.92 Å². The molecule has 0 spiro atoms. The van der Waals surface area contributed by atoms with Crippen molar-refractivity contribution in [3.63, 3.8) is 0 Å². The van der Waals surface area contributed by atoms with Crippen LogP contribution in [0.25, 0.3) is 0 Å². The van der Waals surface area contributed by atoms with E-state index in [1.165, 1.54) is 12.0 Å². The van der Waals surface area contributed by atoms with Crippen LogP contribution < -0.4 is 5.56 Å². The van der Waals surface area contributed by atoms with Gasteiger partial charge < -0.3 is 0 Å². The number of nitrogens with zero attached hydrogens (tertiary/aromatic N) is 1. The average Bonchev–Trinajstić information content (AvgIpc) is 2.19. The van der Waals surface area contributed by atoms with Crippen molar-refractivity contribution in [2.45, 2.75) is 39.0 Å². The Balaban J connectivity index is 2.59. The minimum Gasteiger partial charge on any atom is -0.268 e. The van der Waals surface area contributed by atoms with Gasteiger partial charge in [0, 0.05) is 5.56 Å². The lowest BCUT2D eigenvalue weighted by atomic mass is 9.91. The Hall–Kier alpha value is -1.12. The van der Waals surface area contributed by atoms with Crippen LogP contribution in [0.1, 0.15) is 36.6 Å². The molecule has 0 radical (unpaired) electrons. The van der Waals surface area contributed by atoms with Crippen molar-refractivity contribution < 1.29 is 0 Å². The molecular formula is C10H14N2O. The summed E-state index contributed by atoms with van der Waals surface area (Å²) in [5.74, 6) is 0. The SMILES string of the molecule is CCc1n[nH]c(=O)c2c1CCCC2. The highest BCUT2D eigenvalue weighted by molar-refractivity contribution is 5.29. The number of rotatable bonds is 1. The fraction of sp³-hybridized carbons (Fsp3) is 0.600. The van der Waals surface area contributed by atoms with E-state index in [1.54, 1.807) is 0 Å². The second kappa shape index (κ2) is 3.32. The standard InChI is InChI=1S/C10H14N2O/c1-2-9-7-5-3-4-6-8(7)10(13)12-11-9/h2-6H2,1H3,(H,12,13). The molecule has 1 heterocycles. The molecule has 1 N–H and O–H groups in total. The van der Waals surface area contributed by atoms with E-state index in [4.69, 9.17) is 0 Å². The van der Waals surface area contributed by atoms with Gasteiger partial charge in [0.25, 0.3) is 5.56 Å². The van der Waals surface area contributed by atoms with Crippen LogP contribution in [-0.4, -0.2) is 10.2 Å². The zero-order valence-corrected chi connectivity index (χ0v) is 7.89. The van der Waals surface area contributed by atoms with E-state index >= 15 is 0 Å². The van der Waals surface area contributed by atoms with Gasteiger partial charge in [0.2, 0.25) is 0 Å². The number of aromatic amines is 1. The van der Waals surface area contributed by atoms with Crippen molar-refractivity contribution in [2.75, 3.05) is 0 Å². The molecule has 1 aromatic rings. The van der Waals surface area contributed by atoms with Crippen LogP contribution in [0.5, 0.6) is 0 Å². The fourth-order valence-corrected chi connectivity index (χ4v) is 2.02. The molecule has 0 fully saturated rings. The number of nitrogens with one attached hydrogen (secondary N) is 1. The summed E-state index contributed by atoms with van der Waals surface area (Å²) in [5, 5.41) is 6.65. The van der Waals surface area contributed by atoms with Crippen molar-refractivity contribution in [3.8, 4) is 0 Å². The second-order valence-electron chi connectivity index (χ2n) is 3.52. The molecule has 13 heavy (non-hydrogen) atoms. The maximum absolute atomic E-state index is 11.4. The van der Waals surface area contributed by atoms with Crippen molar-refractivity contribution in [1.82, 2.24) is 10.2 Å².